The highest BCUT2D eigenvalue weighted by molar-refractivity contribution is 5.59. The van der Waals surface area contributed by atoms with Crippen LogP contribution in [0.25, 0.3) is 5.57 Å². The lowest BCUT2D eigenvalue weighted by Crippen LogP contribution is -1.65. The zero-order valence-corrected chi connectivity index (χ0v) is 4.85. The van der Waals surface area contributed by atoms with Crippen LogP contribution in [-0.2, 0) is 0 Å². The van der Waals surface area contributed by atoms with Crippen LogP contribution in [0.3, 0.4) is 0 Å². The monoisotopic (exact) mass is 108 g/mol. The summed E-state index contributed by atoms with van der Waals surface area (Å²) in [6, 6.07) is 1.89. The second kappa shape index (κ2) is 1.86. The predicted octanol–water partition coefficient (Wildman–Crippen LogP) is 2.31. The third kappa shape index (κ3) is 0.808. The van der Waals surface area contributed by atoms with E-state index < -0.39 is 0 Å². The summed E-state index contributed by atoms with van der Waals surface area (Å²) in [6.45, 7) is 5.69. The molecule has 0 atom stereocenters. The maximum atomic E-state index is 4.81. The van der Waals surface area contributed by atoms with Gasteiger partial charge < -0.3 is 4.42 Å². The highest BCUT2D eigenvalue weighted by Gasteiger charge is 1.89. The van der Waals surface area contributed by atoms with Crippen molar-refractivity contribution in [2.24, 2.45) is 0 Å². The Morgan fingerprint density at radius 1 is 1.75 bits per heavy atom. The van der Waals surface area contributed by atoms with E-state index in [4.69, 9.17) is 4.42 Å². The van der Waals surface area contributed by atoms with Crippen molar-refractivity contribution in [1.29, 1.82) is 0 Å². The molecule has 0 amide bonds. The maximum Gasteiger partial charge on any atom is 0.0977 e. The van der Waals surface area contributed by atoms with Gasteiger partial charge in [-0.25, -0.2) is 0 Å². The van der Waals surface area contributed by atoms with Crippen molar-refractivity contribution >= 4 is 5.57 Å². The summed E-state index contributed by atoms with van der Waals surface area (Å²) >= 11 is 0. The largest absolute Gasteiger partial charge is 0.472 e. The van der Waals surface area contributed by atoms with Crippen LogP contribution in [0.2, 0.25) is 0 Å². The summed E-state index contributed by atoms with van der Waals surface area (Å²) in [5.74, 6) is 0. The van der Waals surface area contributed by atoms with E-state index in [0.717, 1.165) is 11.1 Å². The summed E-state index contributed by atoms with van der Waals surface area (Å²) in [5.41, 5.74) is 2.11. The van der Waals surface area contributed by atoms with Crippen LogP contribution in [-0.4, -0.2) is 0 Å². The van der Waals surface area contributed by atoms with Crippen molar-refractivity contribution < 1.29 is 4.42 Å². The molecule has 0 aliphatic carbocycles. The van der Waals surface area contributed by atoms with Gasteiger partial charge in [0.05, 0.1) is 12.5 Å². The molecule has 1 nitrogen and oxygen atoms in total. The minimum absolute atomic E-state index is 1.04. The molecule has 0 saturated heterocycles. The van der Waals surface area contributed by atoms with E-state index in [1.165, 1.54) is 0 Å². The maximum absolute atomic E-state index is 4.81. The Balaban J connectivity index is 2.93. The third-order valence-electron chi connectivity index (χ3n) is 1.01. The number of hydrogen-bond donors (Lipinski definition) is 0. The topological polar surface area (TPSA) is 13.1 Å². The van der Waals surface area contributed by atoms with Gasteiger partial charge in [-0.15, -0.1) is 0 Å². The number of hydrogen-bond acceptors (Lipinski definition) is 1. The number of rotatable bonds is 1. The second-order valence-corrected chi connectivity index (χ2v) is 1.79. The summed E-state index contributed by atoms with van der Waals surface area (Å²) in [5, 5.41) is 0. The molecule has 1 aromatic rings. The van der Waals surface area contributed by atoms with Crippen LogP contribution in [0.5, 0.6) is 0 Å². The highest BCUT2D eigenvalue weighted by atomic mass is 16.3. The van der Waals surface area contributed by atoms with Crippen molar-refractivity contribution in [3.63, 3.8) is 0 Å². The average Bonchev–Trinajstić information content (AvgIpc) is 2.12. The molecule has 42 valence electrons. The van der Waals surface area contributed by atoms with E-state index in [1.807, 2.05) is 13.0 Å². The molecular weight excluding hydrogens is 100 g/mol. The Morgan fingerprint density at radius 3 is 2.75 bits per heavy atom. The van der Waals surface area contributed by atoms with Crippen molar-refractivity contribution in [2.45, 2.75) is 6.92 Å². The molecule has 0 aromatic carbocycles. The van der Waals surface area contributed by atoms with Gasteiger partial charge in [0, 0.05) is 5.56 Å². The standard InChI is InChI=1S/C7H8O/c1-6(2)7-3-4-8-5-7/h3-5H,1H2,2H3. The summed E-state index contributed by atoms with van der Waals surface area (Å²) < 4.78 is 4.81. The highest BCUT2D eigenvalue weighted by Crippen LogP contribution is 2.09. The molecule has 0 aliphatic rings. The Morgan fingerprint density at radius 2 is 2.50 bits per heavy atom. The van der Waals surface area contributed by atoms with E-state index in [-0.39, 0.29) is 0 Å². The molecule has 8 heavy (non-hydrogen) atoms. The smallest absolute Gasteiger partial charge is 0.0977 e. The van der Waals surface area contributed by atoms with E-state index in [2.05, 4.69) is 6.58 Å². The lowest BCUT2D eigenvalue weighted by molar-refractivity contribution is 0.566. The van der Waals surface area contributed by atoms with Gasteiger partial charge in [-0.1, -0.05) is 6.58 Å². The summed E-state index contributed by atoms with van der Waals surface area (Å²) in [7, 11) is 0. The first-order valence-corrected chi connectivity index (χ1v) is 2.49. The lowest BCUT2D eigenvalue weighted by atomic mass is 10.2. The molecule has 1 rings (SSSR count). The van der Waals surface area contributed by atoms with Crippen LogP contribution in [0.4, 0.5) is 0 Å². The summed E-state index contributed by atoms with van der Waals surface area (Å²) in [4.78, 5) is 0. The van der Waals surface area contributed by atoms with Crippen molar-refractivity contribution in [1.82, 2.24) is 0 Å². The zero-order chi connectivity index (χ0) is 5.98. The Labute approximate surface area is 48.6 Å². The van der Waals surface area contributed by atoms with Gasteiger partial charge in [0.2, 0.25) is 0 Å². The molecule has 0 N–H and O–H groups in total. The average molecular weight is 108 g/mol. The van der Waals surface area contributed by atoms with Gasteiger partial charge in [0.15, 0.2) is 0 Å². The fraction of sp³-hybridized carbons (Fsp3) is 0.143. The van der Waals surface area contributed by atoms with E-state index in [0.29, 0.717) is 0 Å². The first-order valence-electron chi connectivity index (χ1n) is 2.49. The van der Waals surface area contributed by atoms with E-state index >= 15 is 0 Å². The third-order valence-corrected chi connectivity index (χ3v) is 1.01. The molecule has 1 heterocycles. The SMILES string of the molecule is C=C(C)c1ccoc1. The molecule has 0 radical (unpaired) electrons. The quantitative estimate of drug-likeness (QED) is 0.538. The molecule has 0 unspecified atom stereocenters. The van der Waals surface area contributed by atoms with Gasteiger partial charge in [-0.05, 0) is 18.6 Å². The van der Waals surface area contributed by atoms with Gasteiger partial charge in [-0.3, -0.25) is 0 Å². The molecular formula is C7H8O. The van der Waals surface area contributed by atoms with Crippen molar-refractivity contribution in [3.8, 4) is 0 Å². The molecule has 1 aromatic heterocycles. The van der Waals surface area contributed by atoms with Crippen molar-refractivity contribution in [3.05, 3.63) is 30.7 Å². The van der Waals surface area contributed by atoms with Crippen LogP contribution in [0, 0.1) is 0 Å². The van der Waals surface area contributed by atoms with E-state index in [1.54, 1.807) is 12.5 Å². The summed E-state index contributed by atoms with van der Waals surface area (Å²) in [6.07, 6.45) is 3.33. The van der Waals surface area contributed by atoms with Gasteiger partial charge >= 0.3 is 0 Å². The molecule has 0 spiro atoms. The minimum Gasteiger partial charge on any atom is -0.472 e. The Hall–Kier alpha value is -0.980. The molecule has 0 bridgehead atoms. The fourth-order valence-electron chi connectivity index (χ4n) is 0.507. The van der Waals surface area contributed by atoms with Crippen LogP contribution in [0.1, 0.15) is 12.5 Å². The number of allylic oxidation sites excluding steroid dienone is 1. The van der Waals surface area contributed by atoms with Crippen molar-refractivity contribution in [2.75, 3.05) is 0 Å². The first kappa shape index (κ1) is 5.16. The normalized spacial score (nSPS) is 9.12. The molecule has 1 heteroatoms. The second-order valence-electron chi connectivity index (χ2n) is 1.79. The van der Waals surface area contributed by atoms with Gasteiger partial charge in [0.25, 0.3) is 0 Å². The lowest BCUT2D eigenvalue weighted by Gasteiger charge is -1.85. The molecule has 0 aliphatic heterocycles. The first-order chi connectivity index (χ1) is 3.80. The van der Waals surface area contributed by atoms with E-state index in [9.17, 15) is 0 Å². The number of furan rings is 1. The minimum atomic E-state index is 1.04. The van der Waals surface area contributed by atoms with Crippen LogP contribution in [0.15, 0.2) is 29.6 Å². The van der Waals surface area contributed by atoms with Crippen LogP contribution < -0.4 is 0 Å². The predicted molar refractivity (Wildman–Crippen MR) is 33.4 cm³/mol. The van der Waals surface area contributed by atoms with Gasteiger partial charge in [-0.2, -0.15) is 0 Å². The molecule has 0 fully saturated rings. The Kier molecular flexibility index (Phi) is 1.20. The van der Waals surface area contributed by atoms with Gasteiger partial charge in [0.1, 0.15) is 0 Å². The molecule has 0 saturated carbocycles. The van der Waals surface area contributed by atoms with Crippen LogP contribution >= 0.6 is 0 Å². The Bertz CT molecular complexity index is 172. The zero-order valence-electron chi connectivity index (χ0n) is 4.85. The fourth-order valence-corrected chi connectivity index (χ4v) is 0.507.